The highest BCUT2D eigenvalue weighted by molar-refractivity contribution is 6.08. The van der Waals surface area contributed by atoms with Crippen molar-refractivity contribution < 1.29 is 8.78 Å². The van der Waals surface area contributed by atoms with Gasteiger partial charge in [0.15, 0.2) is 0 Å². The molecule has 0 radical (unpaired) electrons. The van der Waals surface area contributed by atoms with Crippen molar-refractivity contribution in [3.8, 4) is 17.2 Å². The van der Waals surface area contributed by atoms with Gasteiger partial charge in [0.1, 0.15) is 6.07 Å². The van der Waals surface area contributed by atoms with Crippen molar-refractivity contribution in [2.75, 3.05) is 0 Å². The molecule has 0 unspecified atom stereocenters. The van der Waals surface area contributed by atoms with Gasteiger partial charge in [-0.25, -0.2) is 0 Å². The number of alkyl halides is 2. The molecular weight excluding hydrogens is 310 g/mol. The van der Waals surface area contributed by atoms with Gasteiger partial charge in [0, 0.05) is 41.1 Å². The molecule has 0 aliphatic rings. The van der Waals surface area contributed by atoms with Gasteiger partial charge in [0.25, 0.3) is 0 Å². The highest BCUT2D eigenvalue weighted by Gasteiger charge is 2.17. The standard InChI is InChI=1S/C18H10F2N4/c19-18(20)24-16-3-4-22-10-15(16)14-2-1-12(6-17(14)24)13-5-11(7-21)8-23-9-13/h1-6,8-10,18H. The van der Waals surface area contributed by atoms with E-state index in [0.29, 0.717) is 32.9 Å². The molecule has 3 aromatic heterocycles. The van der Waals surface area contributed by atoms with Gasteiger partial charge >= 0.3 is 6.55 Å². The summed E-state index contributed by atoms with van der Waals surface area (Å²) in [5.41, 5.74) is 2.72. The third-order valence-electron chi connectivity index (χ3n) is 4.00. The van der Waals surface area contributed by atoms with Crippen molar-refractivity contribution in [2.24, 2.45) is 0 Å². The van der Waals surface area contributed by atoms with Crippen molar-refractivity contribution >= 4 is 21.8 Å². The number of hydrogen-bond acceptors (Lipinski definition) is 3. The van der Waals surface area contributed by atoms with Crippen LogP contribution in [0.2, 0.25) is 0 Å². The molecule has 0 saturated carbocycles. The molecule has 0 aliphatic carbocycles. The summed E-state index contributed by atoms with van der Waals surface area (Å²) in [6, 6.07) is 10.6. The lowest BCUT2D eigenvalue weighted by Crippen LogP contribution is -1.97. The molecule has 4 rings (SSSR count). The number of aromatic nitrogens is 3. The van der Waals surface area contributed by atoms with Gasteiger partial charge in [-0.1, -0.05) is 12.1 Å². The first-order valence-corrected chi connectivity index (χ1v) is 7.20. The minimum absolute atomic E-state index is 0.422. The second kappa shape index (κ2) is 5.39. The third-order valence-corrected chi connectivity index (χ3v) is 4.00. The predicted molar refractivity (Wildman–Crippen MR) is 86.4 cm³/mol. The Bertz CT molecular complexity index is 1110. The fourth-order valence-electron chi connectivity index (χ4n) is 2.94. The van der Waals surface area contributed by atoms with Crippen molar-refractivity contribution in [3.05, 3.63) is 60.7 Å². The summed E-state index contributed by atoms with van der Waals surface area (Å²) in [7, 11) is 0. The van der Waals surface area contributed by atoms with Crippen molar-refractivity contribution in [3.63, 3.8) is 0 Å². The maximum atomic E-state index is 13.6. The van der Waals surface area contributed by atoms with E-state index in [4.69, 9.17) is 5.26 Å². The molecule has 0 bridgehead atoms. The van der Waals surface area contributed by atoms with E-state index in [1.165, 1.54) is 12.4 Å². The van der Waals surface area contributed by atoms with Crippen LogP contribution in [0.3, 0.4) is 0 Å². The summed E-state index contributed by atoms with van der Waals surface area (Å²) in [6.45, 7) is -2.66. The number of hydrogen-bond donors (Lipinski definition) is 0. The Morgan fingerprint density at radius 3 is 2.58 bits per heavy atom. The molecule has 4 nitrogen and oxygen atoms in total. The Balaban J connectivity index is 2.03. The molecule has 0 saturated heterocycles. The zero-order valence-electron chi connectivity index (χ0n) is 12.3. The number of halogens is 2. The number of benzene rings is 1. The van der Waals surface area contributed by atoms with Crippen LogP contribution < -0.4 is 0 Å². The molecule has 4 aromatic rings. The van der Waals surface area contributed by atoms with Crippen LogP contribution in [-0.2, 0) is 0 Å². The first-order valence-electron chi connectivity index (χ1n) is 7.20. The van der Waals surface area contributed by atoms with Gasteiger partial charge < -0.3 is 0 Å². The number of nitrogens with zero attached hydrogens (tertiary/aromatic N) is 4. The van der Waals surface area contributed by atoms with Crippen LogP contribution in [0, 0.1) is 11.3 Å². The Morgan fingerprint density at radius 2 is 1.79 bits per heavy atom. The Labute approximate surface area is 135 Å². The zero-order valence-corrected chi connectivity index (χ0v) is 12.3. The number of pyridine rings is 2. The van der Waals surface area contributed by atoms with E-state index in [2.05, 4.69) is 9.97 Å². The summed E-state index contributed by atoms with van der Waals surface area (Å²) in [6.07, 6.45) is 6.16. The SMILES string of the molecule is N#Cc1cncc(-c2ccc3c4cnccc4n(C(F)F)c3c2)c1. The van der Waals surface area contributed by atoms with Crippen LogP contribution in [0.4, 0.5) is 8.78 Å². The van der Waals surface area contributed by atoms with Crippen LogP contribution in [0.1, 0.15) is 12.1 Å². The van der Waals surface area contributed by atoms with Gasteiger partial charge in [0.05, 0.1) is 16.6 Å². The molecule has 1 aromatic carbocycles. The molecule has 0 N–H and O–H groups in total. The second-order valence-electron chi connectivity index (χ2n) is 5.35. The van der Waals surface area contributed by atoms with Crippen LogP contribution in [0.5, 0.6) is 0 Å². The number of fused-ring (bicyclic) bond motifs is 3. The van der Waals surface area contributed by atoms with E-state index in [-0.39, 0.29) is 0 Å². The summed E-state index contributed by atoms with van der Waals surface area (Å²) in [5, 5.41) is 10.4. The average molecular weight is 320 g/mol. The molecule has 3 heterocycles. The first-order chi connectivity index (χ1) is 11.7. The van der Waals surface area contributed by atoms with E-state index >= 15 is 0 Å². The monoisotopic (exact) mass is 320 g/mol. The molecule has 0 atom stereocenters. The summed E-state index contributed by atoms with van der Waals surface area (Å²) in [4.78, 5) is 8.06. The number of nitriles is 1. The summed E-state index contributed by atoms with van der Waals surface area (Å²) < 4.78 is 28.2. The van der Waals surface area contributed by atoms with E-state index in [1.54, 1.807) is 36.7 Å². The van der Waals surface area contributed by atoms with Crippen LogP contribution in [0.25, 0.3) is 32.9 Å². The normalized spacial score (nSPS) is 11.2. The fourth-order valence-corrected chi connectivity index (χ4v) is 2.94. The van der Waals surface area contributed by atoms with Gasteiger partial charge in [-0.05, 0) is 23.8 Å². The molecule has 24 heavy (non-hydrogen) atoms. The van der Waals surface area contributed by atoms with Crippen LogP contribution in [-0.4, -0.2) is 14.5 Å². The lowest BCUT2D eigenvalue weighted by Gasteiger charge is -2.07. The minimum Gasteiger partial charge on any atom is -0.284 e. The van der Waals surface area contributed by atoms with Gasteiger partial charge in [-0.15, -0.1) is 0 Å². The smallest absolute Gasteiger partial charge is 0.284 e. The zero-order chi connectivity index (χ0) is 16.7. The molecule has 116 valence electrons. The minimum atomic E-state index is -2.66. The van der Waals surface area contributed by atoms with E-state index in [1.807, 2.05) is 12.1 Å². The topological polar surface area (TPSA) is 54.5 Å². The average Bonchev–Trinajstić information content (AvgIpc) is 2.95. The molecule has 0 amide bonds. The number of rotatable bonds is 2. The van der Waals surface area contributed by atoms with Crippen LogP contribution >= 0.6 is 0 Å². The molecule has 0 fully saturated rings. The highest BCUT2D eigenvalue weighted by atomic mass is 19.3. The third kappa shape index (κ3) is 2.10. The van der Waals surface area contributed by atoms with E-state index in [0.717, 1.165) is 10.1 Å². The summed E-state index contributed by atoms with van der Waals surface area (Å²) >= 11 is 0. The molecule has 0 aliphatic heterocycles. The lowest BCUT2D eigenvalue weighted by atomic mass is 10.0. The van der Waals surface area contributed by atoms with Crippen molar-refractivity contribution in [1.82, 2.24) is 14.5 Å². The largest absolute Gasteiger partial charge is 0.319 e. The maximum Gasteiger partial charge on any atom is 0.319 e. The second-order valence-corrected chi connectivity index (χ2v) is 5.35. The molecular formula is C18H10F2N4. The van der Waals surface area contributed by atoms with Gasteiger partial charge in [0.2, 0.25) is 0 Å². The fraction of sp³-hybridized carbons (Fsp3) is 0.0556. The van der Waals surface area contributed by atoms with Crippen molar-refractivity contribution in [2.45, 2.75) is 6.55 Å². The van der Waals surface area contributed by atoms with Gasteiger partial charge in [-0.2, -0.15) is 14.0 Å². The van der Waals surface area contributed by atoms with Crippen molar-refractivity contribution in [1.29, 1.82) is 5.26 Å². The van der Waals surface area contributed by atoms with E-state index < -0.39 is 6.55 Å². The molecule has 0 spiro atoms. The highest BCUT2D eigenvalue weighted by Crippen LogP contribution is 2.34. The van der Waals surface area contributed by atoms with Crippen LogP contribution in [0.15, 0.2) is 55.1 Å². The quantitative estimate of drug-likeness (QED) is 0.546. The molecule has 6 heteroatoms. The Hall–Kier alpha value is -3.33. The lowest BCUT2D eigenvalue weighted by molar-refractivity contribution is 0.0796. The first kappa shape index (κ1) is 14.3. The predicted octanol–water partition coefficient (Wildman–Crippen LogP) is 4.52. The van der Waals surface area contributed by atoms with Gasteiger partial charge in [-0.3, -0.25) is 14.5 Å². The summed E-state index contributed by atoms with van der Waals surface area (Å²) in [5.74, 6) is 0. The van der Waals surface area contributed by atoms with E-state index in [9.17, 15) is 8.78 Å². The maximum absolute atomic E-state index is 13.6. The Morgan fingerprint density at radius 1 is 0.917 bits per heavy atom. The Kier molecular flexibility index (Phi) is 3.21.